The van der Waals surface area contributed by atoms with E-state index in [1.165, 1.54) is 6.07 Å². The fourth-order valence-corrected chi connectivity index (χ4v) is 2.64. The van der Waals surface area contributed by atoms with Crippen LogP contribution >= 0.6 is 11.6 Å². The van der Waals surface area contributed by atoms with Gasteiger partial charge in [0.2, 0.25) is 0 Å². The largest absolute Gasteiger partial charge is 0.490 e. The predicted molar refractivity (Wildman–Crippen MR) is 76.3 cm³/mol. The molecule has 0 spiro atoms. The van der Waals surface area contributed by atoms with E-state index in [2.05, 4.69) is 26.1 Å². The van der Waals surface area contributed by atoms with E-state index < -0.39 is 5.82 Å². The molecule has 1 saturated carbocycles. The third-order valence-corrected chi connectivity index (χ3v) is 4.28. The molecule has 2 atom stereocenters. The summed E-state index contributed by atoms with van der Waals surface area (Å²) in [7, 11) is 0. The minimum absolute atomic E-state index is 0.0794. The van der Waals surface area contributed by atoms with Crippen LogP contribution in [0.25, 0.3) is 0 Å². The smallest absolute Gasteiger partial charge is 0.142 e. The highest BCUT2D eigenvalue weighted by Gasteiger charge is 2.49. The summed E-state index contributed by atoms with van der Waals surface area (Å²) >= 11 is 5.76. The SMILES string of the molecule is CCCNC1CC(Oc2ccc(F)c(Cl)c2)C1(C)C. The van der Waals surface area contributed by atoms with Crippen molar-refractivity contribution >= 4 is 11.6 Å². The Morgan fingerprint density at radius 2 is 2.21 bits per heavy atom. The summed E-state index contributed by atoms with van der Waals surface area (Å²) in [5, 5.41) is 3.64. The van der Waals surface area contributed by atoms with Crippen LogP contribution in [0, 0.1) is 11.2 Å². The van der Waals surface area contributed by atoms with E-state index in [0.29, 0.717) is 11.8 Å². The van der Waals surface area contributed by atoms with Crippen molar-refractivity contribution in [3.63, 3.8) is 0 Å². The van der Waals surface area contributed by atoms with Crippen molar-refractivity contribution in [2.45, 2.75) is 45.8 Å². The number of nitrogens with one attached hydrogen (secondary N) is 1. The average molecular weight is 286 g/mol. The van der Waals surface area contributed by atoms with Crippen molar-refractivity contribution in [2.75, 3.05) is 6.54 Å². The fourth-order valence-electron chi connectivity index (χ4n) is 2.46. The lowest BCUT2D eigenvalue weighted by Gasteiger charge is -2.51. The van der Waals surface area contributed by atoms with E-state index in [1.54, 1.807) is 12.1 Å². The lowest BCUT2D eigenvalue weighted by molar-refractivity contribution is -0.0546. The number of ether oxygens (including phenoxy) is 1. The first-order chi connectivity index (χ1) is 8.95. The Morgan fingerprint density at radius 3 is 2.79 bits per heavy atom. The van der Waals surface area contributed by atoms with E-state index in [4.69, 9.17) is 16.3 Å². The molecule has 0 aromatic heterocycles. The van der Waals surface area contributed by atoms with Crippen LogP contribution in [-0.4, -0.2) is 18.7 Å². The van der Waals surface area contributed by atoms with E-state index >= 15 is 0 Å². The summed E-state index contributed by atoms with van der Waals surface area (Å²) in [4.78, 5) is 0. The summed E-state index contributed by atoms with van der Waals surface area (Å²) in [5.41, 5.74) is 0.0794. The van der Waals surface area contributed by atoms with Gasteiger partial charge in [0.05, 0.1) is 5.02 Å². The van der Waals surface area contributed by atoms with Gasteiger partial charge in [-0.3, -0.25) is 0 Å². The van der Waals surface area contributed by atoms with Crippen LogP contribution in [0.5, 0.6) is 5.75 Å². The standard InChI is InChI=1S/C15H21ClFNO/c1-4-7-18-13-9-14(15(13,2)3)19-10-5-6-12(17)11(16)8-10/h5-6,8,13-14,18H,4,7,9H2,1-3H3. The molecule has 1 aliphatic carbocycles. The maximum atomic E-state index is 13.1. The molecule has 19 heavy (non-hydrogen) atoms. The molecule has 4 heteroatoms. The van der Waals surface area contributed by atoms with Crippen molar-refractivity contribution in [3.05, 3.63) is 29.0 Å². The molecule has 106 valence electrons. The van der Waals surface area contributed by atoms with Gasteiger partial charge in [-0.25, -0.2) is 4.39 Å². The molecule has 0 bridgehead atoms. The topological polar surface area (TPSA) is 21.3 Å². The zero-order valence-electron chi connectivity index (χ0n) is 11.7. The number of hydrogen-bond acceptors (Lipinski definition) is 2. The van der Waals surface area contributed by atoms with E-state index in [1.807, 2.05) is 0 Å². The quantitative estimate of drug-likeness (QED) is 0.882. The molecule has 1 aromatic rings. The molecule has 0 aliphatic heterocycles. The van der Waals surface area contributed by atoms with Gasteiger partial charge in [-0.15, -0.1) is 0 Å². The molecule has 2 unspecified atom stereocenters. The van der Waals surface area contributed by atoms with E-state index in [9.17, 15) is 4.39 Å². The minimum atomic E-state index is -0.413. The van der Waals surface area contributed by atoms with E-state index in [-0.39, 0.29) is 16.5 Å². The van der Waals surface area contributed by atoms with Crippen LogP contribution in [0.4, 0.5) is 4.39 Å². The zero-order valence-corrected chi connectivity index (χ0v) is 12.4. The first-order valence-corrected chi connectivity index (χ1v) is 7.18. The maximum Gasteiger partial charge on any atom is 0.142 e. The molecule has 0 heterocycles. The molecule has 1 aliphatic rings. The van der Waals surface area contributed by atoms with Crippen LogP contribution in [-0.2, 0) is 0 Å². The second-order valence-corrected chi connectivity index (χ2v) is 6.15. The van der Waals surface area contributed by atoms with Crippen LogP contribution in [0.2, 0.25) is 5.02 Å². The Morgan fingerprint density at radius 1 is 1.47 bits per heavy atom. The molecular formula is C15H21ClFNO. The molecule has 1 N–H and O–H groups in total. The number of benzene rings is 1. The summed E-state index contributed by atoms with van der Waals surface area (Å²) in [6.45, 7) is 7.58. The second-order valence-electron chi connectivity index (χ2n) is 5.75. The third-order valence-electron chi connectivity index (χ3n) is 3.99. The Bertz CT molecular complexity index is 450. The van der Waals surface area contributed by atoms with Gasteiger partial charge < -0.3 is 10.1 Å². The first-order valence-electron chi connectivity index (χ1n) is 6.80. The zero-order chi connectivity index (χ0) is 14.0. The summed E-state index contributed by atoms with van der Waals surface area (Å²) < 4.78 is 19.0. The predicted octanol–water partition coefficient (Wildman–Crippen LogP) is 4.02. The van der Waals surface area contributed by atoms with Gasteiger partial charge in [0.1, 0.15) is 17.7 Å². The molecule has 0 amide bonds. The van der Waals surface area contributed by atoms with Gasteiger partial charge >= 0.3 is 0 Å². The van der Waals surface area contributed by atoms with Gasteiger partial charge in [0.25, 0.3) is 0 Å². The first kappa shape index (κ1) is 14.6. The van der Waals surface area contributed by atoms with Crippen molar-refractivity contribution in [1.82, 2.24) is 5.32 Å². The minimum Gasteiger partial charge on any atom is -0.490 e. The summed E-state index contributed by atoms with van der Waals surface area (Å²) in [6, 6.07) is 4.99. The highest BCUT2D eigenvalue weighted by atomic mass is 35.5. The Hall–Kier alpha value is -0.800. The number of halogens is 2. The number of hydrogen-bond donors (Lipinski definition) is 1. The van der Waals surface area contributed by atoms with Gasteiger partial charge in [0, 0.05) is 23.9 Å². The van der Waals surface area contributed by atoms with Crippen molar-refractivity contribution in [2.24, 2.45) is 5.41 Å². The Balaban J connectivity index is 1.96. The fraction of sp³-hybridized carbons (Fsp3) is 0.600. The van der Waals surface area contributed by atoms with Crippen molar-refractivity contribution in [1.29, 1.82) is 0 Å². The molecule has 0 radical (unpaired) electrons. The van der Waals surface area contributed by atoms with Gasteiger partial charge in [-0.05, 0) is 25.1 Å². The highest BCUT2D eigenvalue weighted by molar-refractivity contribution is 6.30. The maximum absolute atomic E-state index is 13.1. The monoisotopic (exact) mass is 285 g/mol. The normalized spacial score (nSPS) is 24.9. The average Bonchev–Trinajstić information content (AvgIpc) is 2.37. The van der Waals surface area contributed by atoms with Gasteiger partial charge in [-0.2, -0.15) is 0 Å². The van der Waals surface area contributed by atoms with Gasteiger partial charge in [0.15, 0.2) is 0 Å². The lowest BCUT2D eigenvalue weighted by atomic mass is 9.64. The molecule has 0 saturated heterocycles. The Kier molecular flexibility index (Phi) is 4.36. The summed E-state index contributed by atoms with van der Waals surface area (Å²) in [5.74, 6) is 0.225. The van der Waals surface area contributed by atoms with Crippen molar-refractivity contribution in [3.8, 4) is 5.75 Å². The van der Waals surface area contributed by atoms with Crippen molar-refractivity contribution < 1.29 is 9.13 Å². The summed E-state index contributed by atoms with van der Waals surface area (Å²) in [6.07, 6.45) is 2.25. The van der Waals surface area contributed by atoms with Crippen LogP contribution in [0.1, 0.15) is 33.6 Å². The van der Waals surface area contributed by atoms with E-state index in [0.717, 1.165) is 19.4 Å². The van der Waals surface area contributed by atoms with Crippen LogP contribution < -0.4 is 10.1 Å². The Labute approximate surface area is 119 Å². The van der Waals surface area contributed by atoms with Crippen LogP contribution in [0.15, 0.2) is 18.2 Å². The highest BCUT2D eigenvalue weighted by Crippen LogP contribution is 2.43. The third kappa shape index (κ3) is 3.03. The van der Waals surface area contributed by atoms with Gasteiger partial charge in [-0.1, -0.05) is 32.4 Å². The second kappa shape index (κ2) is 5.68. The lowest BCUT2D eigenvalue weighted by Crippen LogP contribution is -2.62. The molecule has 2 rings (SSSR count). The molecule has 2 nitrogen and oxygen atoms in total. The van der Waals surface area contributed by atoms with Crippen LogP contribution in [0.3, 0.4) is 0 Å². The number of rotatable bonds is 5. The molecular weight excluding hydrogens is 265 g/mol. The molecule has 1 fully saturated rings. The molecule has 1 aromatic carbocycles.